The highest BCUT2D eigenvalue weighted by molar-refractivity contribution is 9.10. The van der Waals surface area contributed by atoms with E-state index in [2.05, 4.69) is 125 Å². The predicted molar refractivity (Wildman–Crippen MR) is 194 cm³/mol. The first kappa shape index (κ1) is 33.6. The summed E-state index contributed by atoms with van der Waals surface area (Å²) in [6, 6.07) is 47.0. The highest BCUT2D eigenvalue weighted by atomic mass is 79.9. The van der Waals surface area contributed by atoms with Gasteiger partial charge in [0.05, 0.1) is 12.6 Å². The van der Waals surface area contributed by atoms with E-state index in [0.717, 1.165) is 21.8 Å². The van der Waals surface area contributed by atoms with E-state index < -0.39 is 12.9 Å². The number of hydrogen-bond donors (Lipinski definition) is 0. The Hall–Kier alpha value is -3.24. The molecular weight excluding hydrogens is 695 g/mol. The molecule has 5 rings (SSSR count). The Kier molecular flexibility index (Phi) is 11.6. The Morgan fingerprint density at radius 3 is 1.68 bits per heavy atom. The van der Waals surface area contributed by atoms with Crippen LogP contribution in [0.3, 0.4) is 0 Å². The molecule has 0 aliphatic carbocycles. The summed E-state index contributed by atoms with van der Waals surface area (Å²) in [5.74, 6) is 0.422. The van der Waals surface area contributed by atoms with Crippen molar-refractivity contribution >= 4 is 62.1 Å². The third kappa shape index (κ3) is 8.47. The number of halogens is 2. The van der Waals surface area contributed by atoms with Crippen molar-refractivity contribution in [3.8, 4) is 5.75 Å². The lowest BCUT2D eigenvalue weighted by Gasteiger charge is -2.28. The van der Waals surface area contributed by atoms with Crippen molar-refractivity contribution < 1.29 is 14.3 Å². The number of hydrogen-bond acceptors (Lipinski definition) is 3. The van der Waals surface area contributed by atoms with Crippen molar-refractivity contribution in [1.29, 1.82) is 0 Å². The van der Waals surface area contributed by atoms with Crippen LogP contribution in [0.25, 0.3) is 0 Å². The average molecular weight is 734 g/mol. The molecule has 0 fully saturated rings. The van der Waals surface area contributed by atoms with Crippen LogP contribution in [0.1, 0.15) is 37.5 Å². The van der Waals surface area contributed by atoms with Crippen LogP contribution < -0.4 is 20.7 Å². The number of ether oxygens (including phenoxy) is 2. The lowest BCUT2D eigenvalue weighted by Crippen LogP contribution is -2.32. The monoisotopic (exact) mass is 731 g/mol. The number of esters is 1. The molecule has 44 heavy (non-hydrogen) atoms. The number of benzene rings is 5. The van der Waals surface area contributed by atoms with Crippen molar-refractivity contribution in [2.24, 2.45) is 0 Å². The molecule has 0 spiro atoms. The Morgan fingerprint density at radius 2 is 1.16 bits per heavy atom. The first-order valence-electron chi connectivity index (χ1n) is 14.5. The molecule has 5 aromatic carbocycles. The molecule has 0 saturated heterocycles. The standard InChI is InChI=1S/C38H37BrO3P.BrH/c1-38(2,3)42-37(40)26-31-15-13-14-22-36(31)41-27-29-23-30(25-32(39)24-29)28-43(33-16-7-4-8-17-33,34-18-9-5-10-19-34)35-20-11-6-12-21-35;/h4-25H,26-28H2,1-3H3;1H/q+1;. The molecule has 0 heterocycles. The molecule has 0 radical (unpaired) electrons. The van der Waals surface area contributed by atoms with Crippen LogP contribution >= 0.6 is 40.2 Å². The predicted octanol–water partition coefficient (Wildman–Crippen LogP) is 8.98. The summed E-state index contributed by atoms with van der Waals surface area (Å²) in [4.78, 5) is 12.5. The van der Waals surface area contributed by atoms with Crippen molar-refractivity contribution in [3.63, 3.8) is 0 Å². The highest BCUT2D eigenvalue weighted by Gasteiger charge is 2.45. The van der Waals surface area contributed by atoms with Crippen LogP contribution in [-0.4, -0.2) is 11.6 Å². The molecule has 5 aromatic rings. The van der Waals surface area contributed by atoms with Crippen LogP contribution in [-0.2, 0) is 28.7 Å². The van der Waals surface area contributed by atoms with Gasteiger partial charge in [0.25, 0.3) is 0 Å². The zero-order valence-corrected chi connectivity index (χ0v) is 29.5. The Balaban J connectivity index is 0.00000442. The summed E-state index contributed by atoms with van der Waals surface area (Å²) in [5.41, 5.74) is 2.58. The van der Waals surface area contributed by atoms with Crippen molar-refractivity contribution in [3.05, 3.63) is 155 Å². The van der Waals surface area contributed by atoms with E-state index in [9.17, 15) is 4.79 Å². The van der Waals surface area contributed by atoms with Crippen LogP contribution in [0.15, 0.2) is 138 Å². The van der Waals surface area contributed by atoms with Gasteiger partial charge < -0.3 is 9.47 Å². The summed E-state index contributed by atoms with van der Waals surface area (Å²) in [6.45, 7) is 6.01. The molecule has 0 N–H and O–H groups in total. The van der Waals surface area contributed by atoms with E-state index >= 15 is 0 Å². The van der Waals surface area contributed by atoms with E-state index in [-0.39, 0.29) is 29.4 Å². The summed E-state index contributed by atoms with van der Waals surface area (Å²) in [6.07, 6.45) is 1.03. The molecule has 6 heteroatoms. The zero-order valence-electron chi connectivity index (χ0n) is 25.3. The maximum absolute atomic E-state index is 12.5. The lowest BCUT2D eigenvalue weighted by molar-refractivity contribution is -0.153. The molecule has 0 aromatic heterocycles. The van der Waals surface area contributed by atoms with E-state index in [1.54, 1.807) is 0 Å². The molecule has 3 nitrogen and oxygen atoms in total. The molecule has 226 valence electrons. The third-order valence-electron chi connectivity index (χ3n) is 7.15. The van der Waals surface area contributed by atoms with Crippen molar-refractivity contribution in [2.75, 3.05) is 0 Å². The van der Waals surface area contributed by atoms with Crippen LogP contribution in [0, 0.1) is 0 Å². The second kappa shape index (κ2) is 15.2. The van der Waals surface area contributed by atoms with Crippen LogP contribution in [0.2, 0.25) is 0 Å². The minimum atomic E-state index is -2.05. The van der Waals surface area contributed by atoms with Crippen LogP contribution in [0.5, 0.6) is 5.75 Å². The summed E-state index contributed by atoms with van der Waals surface area (Å²) in [7, 11) is -2.05. The number of rotatable bonds is 10. The molecule has 0 saturated carbocycles. The van der Waals surface area contributed by atoms with E-state index in [0.29, 0.717) is 12.4 Å². The molecule has 0 unspecified atom stereocenters. The molecular formula is C38H38Br2O3P+. The number of carbonyl (C=O) groups excluding carboxylic acids is 1. The van der Waals surface area contributed by atoms with Gasteiger partial charge in [-0.25, -0.2) is 0 Å². The fourth-order valence-corrected chi connectivity index (χ4v) is 10.2. The van der Waals surface area contributed by atoms with Gasteiger partial charge in [-0.3, -0.25) is 4.79 Å². The fourth-order valence-electron chi connectivity index (χ4n) is 5.42. The minimum absolute atomic E-state index is 0. The second-order valence-electron chi connectivity index (χ2n) is 11.6. The average Bonchev–Trinajstić information content (AvgIpc) is 2.99. The van der Waals surface area contributed by atoms with Gasteiger partial charge in [-0.15, -0.1) is 17.0 Å². The number of carbonyl (C=O) groups is 1. The SMILES string of the molecule is Br.CC(C)(C)OC(=O)Cc1ccccc1OCc1cc(Br)cc(C[P+](c2ccccc2)(c2ccccc2)c2ccccc2)c1. The molecule has 0 aliphatic rings. The van der Waals surface area contributed by atoms with Gasteiger partial charge in [0.2, 0.25) is 0 Å². The Labute approximate surface area is 280 Å². The van der Waals surface area contributed by atoms with Crippen molar-refractivity contribution in [1.82, 2.24) is 0 Å². The highest BCUT2D eigenvalue weighted by Crippen LogP contribution is 2.58. The molecule has 0 aliphatic heterocycles. The molecule has 0 bridgehead atoms. The third-order valence-corrected chi connectivity index (χ3v) is 12.0. The lowest BCUT2D eigenvalue weighted by atomic mass is 10.1. The normalized spacial score (nSPS) is 11.4. The van der Waals surface area contributed by atoms with Gasteiger partial charge in [0.1, 0.15) is 41.1 Å². The van der Waals surface area contributed by atoms with Gasteiger partial charge in [0, 0.05) is 10.0 Å². The van der Waals surface area contributed by atoms with Gasteiger partial charge in [-0.1, -0.05) is 88.7 Å². The first-order valence-corrected chi connectivity index (χ1v) is 17.3. The van der Waals surface area contributed by atoms with Gasteiger partial charge in [0.15, 0.2) is 0 Å². The Morgan fingerprint density at radius 1 is 0.682 bits per heavy atom. The maximum atomic E-state index is 12.5. The zero-order chi connectivity index (χ0) is 30.3. The molecule has 0 amide bonds. The fraction of sp³-hybridized carbons (Fsp3) is 0.184. The summed E-state index contributed by atoms with van der Waals surface area (Å²) < 4.78 is 12.9. The van der Waals surface area contributed by atoms with Gasteiger partial charge >= 0.3 is 5.97 Å². The smallest absolute Gasteiger partial charge is 0.310 e. The second-order valence-corrected chi connectivity index (χ2v) is 16.0. The maximum Gasteiger partial charge on any atom is 0.310 e. The van der Waals surface area contributed by atoms with E-state index in [1.165, 1.54) is 21.5 Å². The Bertz CT molecular complexity index is 1560. The molecule has 0 atom stereocenters. The summed E-state index contributed by atoms with van der Waals surface area (Å²) in [5, 5.41) is 4.05. The number of para-hydroxylation sites is 1. The van der Waals surface area contributed by atoms with E-state index in [1.807, 2.05) is 45.0 Å². The van der Waals surface area contributed by atoms with Crippen molar-refractivity contribution in [2.45, 2.75) is 45.6 Å². The first-order chi connectivity index (χ1) is 20.7. The largest absolute Gasteiger partial charge is 0.489 e. The quantitative estimate of drug-likeness (QED) is 0.106. The van der Waals surface area contributed by atoms with Gasteiger partial charge in [-0.2, -0.15) is 0 Å². The van der Waals surface area contributed by atoms with Crippen LogP contribution in [0.4, 0.5) is 0 Å². The minimum Gasteiger partial charge on any atom is -0.489 e. The van der Waals surface area contributed by atoms with Gasteiger partial charge in [-0.05, 0) is 92.6 Å². The van der Waals surface area contributed by atoms with E-state index in [4.69, 9.17) is 9.47 Å². The topological polar surface area (TPSA) is 35.5 Å². The summed E-state index contributed by atoms with van der Waals surface area (Å²) >= 11 is 3.79.